The number of likely N-dealkylation sites (tertiary alicyclic amines) is 1. The van der Waals surface area contributed by atoms with E-state index in [0.717, 1.165) is 24.8 Å². The summed E-state index contributed by atoms with van der Waals surface area (Å²) in [6, 6.07) is 8.48. The summed E-state index contributed by atoms with van der Waals surface area (Å²) in [6.07, 6.45) is -2.85. The summed E-state index contributed by atoms with van der Waals surface area (Å²) in [7, 11) is 0. The molecule has 1 fully saturated rings. The minimum absolute atomic E-state index is 0.0420. The molecule has 144 valence electrons. The number of hydrogen-bond donors (Lipinski definition) is 1. The first-order valence-corrected chi connectivity index (χ1v) is 8.51. The number of nitrogens with zero attached hydrogens (tertiary/aromatic N) is 2. The number of aromatic nitrogens is 1. The summed E-state index contributed by atoms with van der Waals surface area (Å²) in [6.45, 7) is 3.88. The molecular weight excluding hydrogens is 359 g/mol. The third-order valence-electron chi connectivity index (χ3n) is 4.73. The van der Waals surface area contributed by atoms with Crippen molar-refractivity contribution in [1.82, 2.24) is 9.88 Å². The predicted molar refractivity (Wildman–Crippen MR) is 93.4 cm³/mol. The van der Waals surface area contributed by atoms with E-state index < -0.39 is 11.7 Å². The van der Waals surface area contributed by atoms with E-state index in [1.807, 2.05) is 0 Å². The van der Waals surface area contributed by atoms with Gasteiger partial charge in [0.2, 0.25) is 5.88 Å². The summed E-state index contributed by atoms with van der Waals surface area (Å²) in [5, 5.41) is 0. The number of halogens is 3. The van der Waals surface area contributed by atoms with Gasteiger partial charge >= 0.3 is 6.18 Å². The molecule has 2 aromatic rings. The number of amides is 1. The van der Waals surface area contributed by atoms with Gasteiger partial charge in [0.05, 0.1) is 5.56 Å². The summed E-state index contributed by atoms with van der Waals surface area (Å²) in [5.41, 5.74) is 5.40. The molecule has 3 rings (SSSR count). The predicted octanol–water partition coefficient (Wildman–Crippen LogP) is 3.70. The highest BCUT2D eigenvalue weighted by Gasteiger charge is 2.35. The Labute approximate surface area is 154 Å². The van der Waals surface area contributed by atoms with Crippen LogP contribution in [0.25, 0.3) is 0 Å². The van der Waals surface area contributed by atoms with Crippen LogP contribution in [0.15, 0.2) is 42.6 Å². The monoisotopic (exact) mass is 379 g/mol. The van der Waals surface area contributed by atoms with Gasteiger partial charge in [-0.2, -0.15) is 13.2 Å². The molecule has 8 heteroatoms. The first kappa shape index (κ1) is 19.2. The molecule has 1 amide bonds. The fraction of sp³-hybridized carbons (Fsp3) is 0.368. The second-order valence-corrected chi connectivity index (χ2v) is 7.00. The highest BCUT2D eigenvalue weighted by molar-refractivity contribution is 5.94. The van der Waals surface area contributed by atoms with E-state index in [1.54, 1.807) is 29.2 Å². The average molecular weight is 379 g/mol. The molecular formula is C19H20F3N3O2. The molecule has 2 N–H and O–H groups in total. The molecule has 0 saturated carbocycles. The highest BCUT2D eigenvalue weighted by Crippen LogP contribution is 2.31. The van der Waals surface area contributed by atoms with Gasteiger partial charge in [-0.15, -0.1) is 0 Å². The van der Waals surface area contributed by atoms with Crippen LogP contribution in [0.1, 0.15) is 29.3 Å². The molecule has 1 aliphatic heterocycles. The summed E-state index contributed by atoms with van der Waals surface area (Å²) in [4.78, 5) is 18.0. The molecule has 0 spiro atoms. The lowest BCUT2D eigenvalue weighted by molar-refractivity contribution is -0.137. The van der Waals surface area contributed by atoms with E-state index in [9.17, 15) is 18.0 Å². The minimum atomic E-state index is -4.44. The number of nitrogens with two attached hydrogens (primary N) is 1. The number of alkyl halides is 3. The van der Waals surface area contributed by atoms with E-state index in [-0.39, 0.29) is 17.2 Å². The maximum atomic E-state index is 12.6. The zero-order valence-corrected chi connectivity index (χ0v) is 14.8. The van der Waals surface area contributed by atoms with Crippen molar-refractivity contribution in [2.75, 3.05) is 19.6 Å². The number of benzene rings is 1. The van der Waals surface area contributed by atoms with Crippen LogP contribution in [-0.4, -0.2) is 35.4 Å². The Morgan fingerprint density at radius 2 is 1.96 bits per heavy atom. The van der Waals surface area contributed by atoms with Gasteiger partial charge in [0.15, 0.2) is 0 Å². The van der Waals surface area contributed by atoms with Crippen LogP contribution in [0.5, 0.6) is 11.6 Å². The third kappa shape index (κ3) is 4.39. The van der Waals surface area contributed by atoms with E-state index in [1.165, 1.54) is 0 Å². The number of carbonyl (C=O) groups is 1. The summed E-state index contributed by atoms with van der Waals surface area (Å²) in [5.74, 6) is 0.346. The maximum Gasteiger partial charge on any atom is 0.417 e. The smallest absolute Gasteiger partial charge is 0.417 e. The lowest BCUT2D eigenvalue weighted by atomic mass is 9.90. The summed E-state index contributed by atoms with van der Waals surface area (Å²) >= 11 is 0. The van der Waals surface area contributed by atoms with Gasteiger partial charge in [0.1, 0.15) is 5.75 Å². The Hall–Kier alpha value is -2.61. The van der Waals surface area contributed by atoms with Crippen LogP contribution in [0, 0.1) is 5.41 Å². The molecule has 27 heavy (non-hydrogen) atoms. The Morgan fingerprint density at radius 1 is 1.26 bits per heavy atom. The first-order chi connectivity index (χ1) is 12.7. The van der Waals surface area contributed by atoms with Crippen LogP contribution in [0.4, 0.5) is 13.2 Å². The van der Waals surface area contributed by atoms with Crippen LogP contribution < -0.4 is 10.5 Å². The molecule has 1 aromatic carbocycles. The van der Waals surface area contributed by atoms with E-state index in [0.29, 0.717) is 30.9 Å². The van der Waals surface area contributed by atoms with Gasteiger partial charge in [-0.1, -0.05) is 6.92 Å². The van der Waals surface area contributed by atoms with Gasteiger partial charge in [0, 0.05) is 30.9 Å². The Kier molecular flexibility index (Phi) is 5.10. The van der Waals surface area contributed by atoms with Crippen molar-refractivity contribution in [1.29, 1.82) is 0 Å². The number of rotatable bonds is 4. The number of ether oxygens (including phenoxy) is 1. The SMILES string of the molecule is CC1(CN)CCN(C(=O)c2ccc(Oc3ccc(C(F)(F)F)cn3)cc2)C1. The molecule has 1 aromatic heterocycles. The molecule has 0 aliphatic carbocycles. The van der Waals surface area contributed by atoms with Gasteiger partial charge in [-0.3, -0.25) is 4.79 Å². The quantitative estimate of drug-likeness (QED) is 0.880. The Morgan fingerprint density at radius 3 is 2.48 bits per heavy atom. The van der Waals surface area contributed by atoms with E-state index in [4.69, 9.17) is 10.5 Å². The average Bonchev–Trinajstić information content (AvgIpc) is 3.04. The highest BCUT2D eigenvalue weighted by atomic mass is 19.4. The molecule has 0 bridgehead atoms. The van der Waals surface area contributed by atoms with Gasteiger partial charge < -0.3 is 15.4 Å². The fourth-order valence-electron chi connectivity index (χ4n) is 2.94. The molecule has 1 unspecified atom stereocenters. The minimum Gasteiger partial charge on any atom is -0.439 e. The van der Waals surface area contributed by atoms with Crippen LogP contribution in [0.2, 0.25) is 0 Å². The standard InChI is InChI=1S/C19H20F3N3O2/c1-18(11-23)8-9-25(12-18)17(26)13-2-5-15(6-3-13)27-16-7-4-14(10-24-16)19(20,21)22/h2-7,10H,8-9,11-12,23H2,1H3. The lowest BCUT2D eigenvalue weighted by Gasteiger charge is -2.22. The molecule has 5 nitrogen and oxygen atoms in total. The van der Waals surface area contributed by atoms with Crippen LogP contribution in [-0.2, 0) is 6.18 Å². The topological polar surface area (TPSA) is 68.5 Å². The third-order valence-corrected chi connectivity index (χ3v) is 4.73. The van der Waals surface area contributed by atoms with Gasteiger partial charge in [-0.25, -0.2) is 4.98 Å². The number of carbonyl (C=O) groups excluding carboxylic acids is 1. The zero-order chi connectivity index (χ0) is 19.7. The first-order valence-electron chi connectivity index (χ1n) is 8.51. The molecule has 2 heterocycles. The van der Waals surface area contributed by atoms with Crippen LogP contribution >= 0.6 is 0 Å². The van der Waals surface area contributed by atoms with Gasteiger partial charge in [-0.05, 0) is 48.7 Å². The lowest BCUT2D eigenvalue weighted by Crippen LogP contribution is -2.34. The molecule has 1 aliphatic rings. The van der Waals surface area contributed by atoms with Gasteiger partial charge in [0.25, 0.3) is 5.91 Å². The van der Waals surface area contributed by atoms with E-state index in [2.05, 4.69) is 11.9 Å². The normalized spacial score (nSPS) is 20.0. The number of hydrogen-bond acceptors (Lipinski definition) is 4. The fourth-order valence-corrected chi connectivity index (χ4v) is 2.94. The number of pyridine rings is 1. The van der Waals surface area contributed by atoms with Crippen molar-refractivity contribution in [2.45, 2.75) is 19.5 Å². The maximum absolute atomic E-state index is 12.6. The van der Waals surface area contributed by atoms with Crippen molar-refractivity contribution in [3.05, 3.63) is 53.7 Å². The second kappa shape index (κ2) is 7.19. The molecule has 1 saturated heterocycles. The zero-order valence-electron chi connectivity index (χ0n) is 14.8. The molecule has 1 atom stereocenters. The van der Waals surface area contributed by atoms with Crippen molar-refractivity contribution in [2.24, 2.45) is 11.1 Å². The Bertz CT molecular complexity index is 806. The van der Waals surface area contributed by atoms with Crippen LogP contribution in [0.3, 0.4) is 0 Å². The summed E-state index contributed by atoms with van der Waals surface area (Å²) < 4.78 is 43.1. The van der Waals surface area contributed by atoms with E-state index >= 15 is 0 Å². The largest absolute Gasteiger partial charge is 0.439 e. The van der Waals surface area contributed by atoms with Crippen molar-refractivity contribution in [3.8, 4) is 11.6 Å². The molecule has 0 radical (unpaired) electrons. The van der Waals surface area contributed by atoms with Crippen molar-refractivity contribution >= 4 is 5.91 Å². The van der Waals surface area contributed by atoms with Crippen molar-refractivity contribution < 1.29 is 22.7 Å². The second-order valence-electron chi connectivity index (χ2n) is 7.00. The Balaban J connectivity index is 1.64. The van der Waals surface area contributed by atoms with Crippen molar-refractivity contribution in [3.63, 3.8) is 0 Å².